The molecule has 0 N–H and O–H groups in total. The highest BCUT2D eigenvalue weighted by Crippen LogP contribution is 2.26. The topological polar surface area (TPSA) is 95.5 Å². The van der Waals surface area contributed by atoms with Crippen LogP contribution in [0.5, 0.6) is 11.8 Å². The SMILES string of the molecule is COc1cnc(C(=O)C2CCS(=O)(=O)C2)c(OC)n1. The smallest absolute Gasteiger partial charge is 0.246 e. The van der Waals surface area contributed by atoms with E-state index < -0.39 is 15.8 Å². The van der Waals surface area contributed by atoms with Gasteiger partial charge in [-0.2, -0.15) is 4.98 Å². The molecule has 1 aromatic rings. The van der Waals surface area contributed by atoms with Crippen LogP contribution in [0, 0.1) is 5.92 Å². The Morgan fingerprint density at radius 1 is 1.37 bits per heavy atom. The van der Waals surface area contributed by atoms with E-state index in [0.29, 0.717) is 6.42 Å². The minimum Gasteiger partial charge on any atom is -0.480 e. The van der Waals surface area contributed by atoms with Gasteiger partial charge in [-0.05, 0) is 6.42 Å². The first-order valence-electron chi connectivity index (χ1n) is 5.66. The van der Waals surface area contributed by atoms with Gasteiger partial charge in [-0.25, -0.2) is 13.4 Å². The van der Waals surface area contributed by atoms with E-state index >= 15 is 0 Å². The molecule has 104 valence electrons. The van der Waals surface area contributed by atoms with Crippen molar-refractivity contribution >= 4 is 15.6 Å². The summed E-state index contributed by atoms with van der Waals surface area (Å²) in [6, 6.07) is 0. The Labute approximate surface area is 110 Å². The van der Waals surface area contributed by atoms with Crippen LogP contribution in [0.25, 0.3) is 0 Å². The summed E-state index contributed by atoms with van der Waals surface area (Å²) in [5, 5.41) is 0. The molecule has 2 rings (SSSR count). The van der Waals surface area contributed by atoms with Crippen molar-refractivity contribution in [1.82, 2.24) is 9.97 Å². The van der Waals surface area contributed by atoms with E-state index in [2.05, 4.69) is 9.97 Å². The van der Waals surface area contributed by atoms with Crippen LogP contribution in [0.4, 0.5) is 0 Å². The molecule has 8 heteroatoms. The molecule has 1 aromatic heterocycles. The fraction of sp³-hybridized carbons (Fsp3) is 0.545. The van der Waals surface area contributed by atoms with Crippen molar-refractivity contribution in [3.63, 3.8) is 0 Å². The summed E-state index contributed by atoms with van der Waals surface area (Å²) in [4.78, 5) is 20.1. The molecule has 1 fully saturated rings. The predicted octanol–water partition coefficient (Wildman–Crippen LogP) is 0.111. The number of ketones is 1. The second kappa shape index (κ2) is 5.12. The monoisotopic (exact) mass is 286 g/mol. The molecule has 0 aliphatic carbocycles. The zero-order chi connectivity index (χ0) is 14.0. The van der Waals surface area contributed by atoms with E-state index in [0.717, 1.165) is 0 Å². The summed E-state index contributed by atoms with van der Waals surface area (Å²) >= 11 is 0. The van der Waals surface area contributed by atoms with Crippen LogP contribution >= 0.6 is 0 Å². The van der Waals surface area contributed by atoms with Gasteiger partial charge in [-0.15, -0.1) is 0 Å². The number of ether oxygens (including phenoxy) is 2. The number of sulfone groups is 1. The van der Waals surface area contributed by atoms with Gasteiger partial charge in [0, 0.05) is 5.92 Å². The molecule has 1 aliphatic heterocycles. The number of carbonyl (C=O) groups excluding carboxylic acids is 1. The Bertz CT molecular complexity index is 599. The number of rotatable bonds is 4. The van der Waals surface area contributed by atoms with Gasteiger partial charge in [-0.3, -0.25) is 4.79 Å². The molecule has 7 nitrogen and oxygen atoms in total. The van der Waals surface area contributed by atoms with E-state index in [1.54, 1.807) is 0 Å². The van der Waals surface area contributed by atoms with E-state index in [-0.39, 0.29) is 34.7 Å². The van der Waals surface area contributed by atoms with Crippen molar-refractivity contribution < 1.29 is 22.7 Å². The average molecular weight is 286 g/mol. The van der Waals surface area contributed by atoms with Crippen molar-refractivity contribution in [1.29, 1.82) is 0 Å². The second-order valence-corrected chi connectivity index (χ2v) is 6.46. The third-order valence-corrected chi connectivity index (χ3v) is 4.73. The normalized spacial score (nSPS) is 21.1. The lowest BCUT2D eigenvalue weighted by atomic mass is 10.0. The lowest BCUT2D eigenvalue weighted by Gasteiger charge is -2.10. The summed E-state index contributed by atoms with van der Waals surface area (Å²) in [5.41, 5.74) is 0.0467. The number of hydrogen-bond acceptors (Lipinski definition) is 7. The van der Waals surface area contributed by atoms with Gasteiger partial charge in [0.25, 0.3) is 0 Å². The summed E-state index contributed by atoms with van der Waals surface area (Å²) in [7, 11) is -0.324. The van der Waals surface area contributed by atoms with Crippen LogP contribution in [0.2, 0.25) is 0 Å². The lowest BCUT2D eigenvalue weighted by Crippen LogP contribution is -2.19. The zero-order valence-electron chi connectivity index (χ0n) is 10.6. The molecule has 0 bridgehead atoms. The maximum Gasteiger partial charge on any atom is 0.246 e. The Morgan fingerprint density at radius 2 is 2.11 bits per heavy atom. The second-order valence-electron chi connectivity index (χ2n) is 4.23. The number of aromatic nitrogens is 2. The summed E-state index contributed by atoms with van der Waals surface area (Å²) in [5.74, 6) is -0.742. The molecule has 1 atom stereocenters. The first kappa shape index (κ1) is 13.7. The lowest BCUT2D eigenvalue weighted by molar-refractivity contribution is 0.0923. The van der Waals surface area contributed by atoms with Gasteiger partial charge >= 0.3 is 0 Å². The molecule has 1 unspecified atom stereocenters. The van der Waals surface area contributed by atoms with Gasteiger partial charge in [0.05, 0.1) is 31.9 Å². The highest BCUT2D eigenvalue weighted by atomic mass is 32.2. The Balaban J connectivity index is 2.29. The average Bonchev–Trinajstić information content (AvgIpc) is 2.77. The van der Waals surface area contributed by atoms with Crippen LogP contribution < -0.4 is 9.47 Å². The van der Waals surface area contributed by atoms with Crippen LogP contribution in [0.1, 0.15) is 16.9 Å². The van der Waals surface area contributed by atoms with E-state index in [1.165, 1.54) is 20.4 Å². The molecule has 1 saturated heterocycles. The van der Waals surface area contributed by atoms with Crippen molar-refractivity contribution in [3.05, 3.63) is 11.9 Å². The van der Waals surface area contributed by atoms with Gasteiger partial charge in [0.15, 0.2) is 21.3 Å². The van der Waals surface area contributed by atoms with Crippen LogP contribution in [0.3, 0.4) is 0 Å². The summed E-state index contributed by atoms with van der Waals surface area (Å²) < 4.78 is 32.7. The predicted molar refractivity (Wildman–Crippen MR) is 66.2 cm³/mol. The van der Waals surface area contributed by atoms with Crippen LogP contribution in [-0.4, -0.2) is 49.9 Å². The minimum absolute atomic E-state index is 0.0370. The number of methoxy groups -OCH3 is 2. The maximum absolute atomic E-state index is 12.2. The summed E-state index contributed by atoms with van der Waals surface area (Å²) in [6.45, 7) is 0. The number of hydrogen-bond donors (Lipinski definition) is 0. The highest BCUT2D eigenvalue weighted by Gasteiger charge is 2.35. The molecular formula is C11H14N2O5S. The molecule has 0 saturated carbocycles. The van der Waals surface area contributed by atoms with Crippen LogP contribution in [0.15, 0.2) is 6.20 Å². The maximum atomic E-state index is 12.2. The molecule has 2 heterocycles. The van der Waals surface area contributed by atoms with Crippen molar-refractivity contribution in [3.8, 4) is 11.8 Å². The fourth-order valence-corrected chi connectivity index (χ4v) is 3.70. The molecule has 19 heavy (non-hydrogen) atoms. The minimum atomic E-state index is -3.12. The molecule has 0 aromatic carbocycles. The summed E-state index contributed by atoms with van der Waals surface area (Å²) in [6.07, 6.45) is 1.62. The van der Waals surface area contributed by atoms with Gasteiger partial charge in [0.2, 0.25) is 11.8 Å². The standard InChI is InChI=1S/C11H14N2O5S/c1-17-8-5-12-9(11(13-8)18-2)10(14)7-3-4-19(15,16)6-7/h5,7H,3-4,6H2,1-2H3. The number of carbonyl (C=O) groups is 1. The Hall–Kier alpha value is -1.70. The zero-order valence-corrected chi connectivity index (χ0v) is 11.4. The van der Waals surface area contributed by atoms with Crippen molar-refractivity contribution in [2.24, 2.45) is 5.92 Å². The largest absolute Gasteiger partial charge is 0.480 e. The number of nitrogens with zero attached hydrogens (tertiary/aromatic N) is 2. The van der Waals surface area contributed by atoms with Crippen molar-refractivity contribution in [2.45, 2.75) is 6.42 Å². The molecule has 0 radical (unpaired) electrons. The Kier molecular flexibility index (Phi) is 3.70. The van der Waals surface area contributed by atoms with E-state index in [9.17, 15) is 13.2 Å². The highest BCUT2D eigenvalue weighted by molar-refractivity contribution is 7.91. The van der Waals surface area contributed by atoms with E-state index in [1.807, 2.05) is 0 Å². The first-order valence-corrected chi connectivity index (χ1v) is 7.48. The van der Waals surface area contributed by atoms with Crippen LogP contribution in [-0.2, 0) is 9.84 Å². The molecule has 1 aliphatic rings. The fourth-order valence-electron chi connectivity index (χ4n) is 1.96. The molecule has 0 spiro atoms. The van der Waals surface area contributed by atoms with E-state index in [4.69, 9.17) is 9.47 Å². The van der Waals surface area contributed by atoms with Gasteiger partial charge in [0.1, 0.15) is 0 Å². The molecule has 0 amide bonds. The van der Waals surface area contributed by atoms with Crippen molar-refractivity contribution in [2.75, 3.05) is 25.7 Å². The first-order chi connectivity index (χ1) is 8.96. The van der Waals surface area contributed by atoms with Gasteiger partial charge < -0.3 is 9.47 Å². The molecular weight excluding hydrogens is 272 g/mol. The Morgan fingerprint density at radius 3 is 2.63 bits per heavy atom. The van der Waals surface area contributed by atoms with Gasteiger partial charge in [-0.1, -0.05) is 0 Å². The third kappa shape index (κ3) is 2.83. The number of Topliss-reactive ketones (excluding diaryl/α,β-unsaturated/α-hetero) is 1. The quantitative estimate of drug-likeness (QED) is 0.725. The third-order valence-electron chi connectivity index (χ3n) is 2.96.